The molecular weight excluding hydrogens is 343 g/mol. The summed E-state index contributed by atoms with van der Waals surface area (Å²) in [5, 5.41) is 8.00. The molecule has 0 unspecified atom stereocenters. The fourth-order valence-electron chi connectivity index (χ4n) is 2.38. The Morgan fingerprint density at radius 3 is 2.83 bits per heavy atom. The van der Waals surface area contributed by atoms with Crippen LogP contribution in [0.3, 0.4) is 0 Å². The Hall–Kier alpha value is -2.03. The van der Waals surface area contributed by atoms with Gasteiger partial charge in [-0.05, 0) is 18.1 Å². The molecule has 9 heteroatoms. The predicted molar refractivity (Wildman–Crippen MR) is 80.0 cm³/mol. The van der Waals surface area contributed by atoms with Crippen molar-refractivity contribution in [3.63, 3.8) is 0 Å². The lowest BCUT2D eigenvalue weighted by Crippen LogP contribution is -2.23. The predicted octanol–water partition coefficient (Wildman–Crippen LogP) is 3.50. The summed E-state index contributed by atoms with van der Waals surface area (Å²) in [6, 6.07) is 5.12. The molecule has 1 saturated heterocycles. The van der Waals surface area contributed by atoms with E-state index >= 15 is 0 Å². The molecule has 128 valence electrons. The molecule has 5 nitrogen and oxygen atoms in total. The van der Waals surface area contributed by atoms with Crippen molar-refractivity contribution >= 4 is 17.7 Å². The second-order valence-electron chi connectivity index (χ2n) is 5.37. The van der Waals surface area contributed by atoms with Gasteiger partial charge in [0.1, 0.15) is 0 Å². The molecule has 1 aromatic heterocycles. The van der Waals surface area contributed by atoms with E-state index in [9.17, 15) is 18.0 Å². The van der Waals surface area contributed by atoms with E-state index in [0.717, 1.165) is 30.3 Å². The molecule has 2 aromatic rings. The van der Waals surface area contributed by atoms with Crippen molar-refractivity contribution in [2.75, 3.05) is 6.54 Å². The third-order valence-corrected chi connectivity index (χ3v) is 4.45. The molecule has 0 spiro atoms. The topological polar surface area (TPSA) is 59.2 Å². The fourth-order valence-corrected chi connectivity index (χ4v) is 3.10. The molecule has 0 radical (unpaired) electrons. The number of carbonyl (C=O) groups excluding carboxylic acids is 1. The Morgan fingerprint density at radius 1 is 1.29 bits per heavy atom. The zero-order chi connectivity index (χ0) is 17.2. The van der Waals surface area contributed by atoms with Gasteiger partial charge in [0.05, 0.1) is 12.1 Å². The molecule has 1 aliphatic rings. The van der Waals surface area contributed by atoms with Crippen molar-refractivity contribution in [1.82, 2.24) is 15.1 Å². The number of carbonyl (C=O) groups is 1. The van der Waals surface area contributed by atoms with Gasteiger partial charge in [-0.1, -0.05) is 30.0 Å². The Labute approximate surface area is 140 Å². The Bertz CT molecular complexity index is 733. The smallest absolute Gasteiger partial charge is 0.414 e. The first-order valence-electron chi connectivity index (χ1n) is 7.31. The van der Waals surface area contributed by atoms with Crippen molar-refractivity contribution in [2.45, 2.75) is 36.5 Å². The molecule has 0 aliphatic carbocycles. The van der Waals surface area contributed by atoms with Gasteiger partial charge in [-0.15, -0.1) is 10.2 Å². The summed E-state index contributed by atoms with van der Waals surface area (Å²) in [6.45, 7) is 0.948. The van der Waals surface area contributed by atoms with Gasteiger partial charge in [0, 0.05) is 18.7 Å². The number of thioether (sulfide) groups is 1. The number of halogens is 3. The minimum absolute atomic E-state index is 0.0615. The lowest BCUT2D eigenvalue weighted by atomic mass is 10.1. The number of nitrogens with zero attached hydrogens (tertiary/aromatic N) is 3. The first kappa shape index (κ1) is 16.8. The second kappa shape index (κ2) is 6.84. The molecule has 1 aliphatic heterocycles. The highest BCUT2D eigenvalue weighted by molar-refractivity contribution is 7.98. The zero-order valence-corrected chi connectivity index (χ0v) is 13.4. The van der Waals surface area contributed by atoms with E-state index in [-0.39, 0.29) is 23.4 Å². The van der Waals surface area contributed by atoms with Crippen molar-refractivity contribution in [1.29, 1.82) is 0 Å². The van der Waals surface area contributed by atoms with E-state index in [2.05, 4.69) is 10.2 Å². The van der Waals surface area contributed by atoms with Gasteiger partial charge in [0.2, 0.25) is 11.8 Å². The molecule has 1 aromatic carbocycles. The van der Waals surface area contributed by atoms with Crippen LogP contribution in [0.2, 0.25) is 0 Å². The first-order chi connectivity index (χ1) is 11.4. The lowest BCUT2D eigenvalue weighted by molar-refractivity contribution is -0.137. The molecule has 24 heavy (non-hydrogen) atoms. The average molecular weight is 357 g/mol. The normalized spacial score (nSPS) is 15.3. The van der Waals surface area contributed by atoms with Gasteiger partial charge in [-0.3, -0.25) is 4.79 Å². The van der Waals surface area contributed by atoms with Crippen LogP contribution in [0.15, 0.2) is 33.9 Å². The maximum atomic E-state index is 12.7. The molecule has 0 saturated carbocycles. The SMILES string of the molecule is O=C1CCCN1Cc1nnc(SCc2cccc(C(F)(F)F)c2)o1. The lowest BCUT2D eigenvalue weighted by Gasteiger charge is -2.11. The molecule has 3 rings (SSSR count). The van der Waals surface area contributed by atoms with Gasteiger partial charge in [0.15, 0.2) is 0 Å². The van der Waals surface area contributed by atoms with E-state index in [1.165, 1.54) is 6.07 Å². The van der Waals surface area contributed by atoms with Crippen molar-refractivity contribution in [3.05, 3.63) is 41.3 Å². The monoisotopic (exact) mass is 357 g/mol. The number of alkyl halides is 3. The highest BCUT2D eigenvalue weighted by atomic mass is 32.2. The van der Waals surface area contributed by atoms with Crippen LogP contribution >= 0.6 is 11.8 Å². The molecule has 2 heterocycles. The Morgan fingerprint density at radius 2 is 2.12 bits per heavy atom. The van der Waals surface area contributed by atoms with E-state index in [0.29, 0.717) is 24.4 Å². The van der Waals surface area contributed by atoms with E-state index in [1.807, 2.05) is 0 Å². The van der Waals surface area contributed by atoms with Crippen LogP contribution in [-0.4, -0.2) is 27.5 Å². The van der Waals surface area contributed by atoms with E-state index < -0.39 is 11.7 Å². The van der Waals surface area contributed by atoms with Gasteiger partial charge < -0.3 is 9.32 Å². The minimum Gasteiger partial charge on any atom is -0.414 e. The number of amides is 1. The van der Waals surface area contributed by atoms with Gasteiger partial charge in [-0.25, -0.2) is 0 Å². The van der Waals surface area contributed by atoms with Crippen LogP contribution in [-0.2, 0) is 23.3 Å². The van der Waals surface area contributed by atoms with Crippen molar-refractivity contribution < 1.29 is 22.4 Å². The van der Waals surface area contributed by atoms with Gasteiger partial charge in [0.25, 0.3) is 5.22 Å². The third-order valence-electron chi connectivity index (χ3n) is 3.56. The van der Waals surface area contributed by atoms with E-state index in [1.54, 1.807) is 11.0 Å². The molecule has 0 N–H and O–H groups in total. The molecular formula is C15H14F3N3O2S. The average Bonchev–Trinajstić information content (AvgIpc) is 3.15. The zero-order valence-electron chi connectivity index (χ0n) is 12.5. The summed E-state index contributed by atoms with van der Waals surface area (Å²) >= 11 is 1.16. The molecule has 1 amide bonds. The number of rotatable bonds is 5. The Balaban J connectivity index is 1.58. The first-order valence-corrected chi connectivity index (χ1v) is 8.29. The highest BCUT2D eigenvalue weighted by Crippen LogP contribution is 2.31. The maximum Gasteiger partial charge on any atom is 0.416 e. The van der Waals surface area contributed by atoms with Crippen molar-refractivity contribution in [2.24, 2.45) is 0 Å². The molecule has 0 bridgehead atoms. The summed E-state index contributed by atoms with van der Waals surface area (Å²) in [5.41, 5.74) is -0.163. The van der Waals surface area contributed by atoms with Gasteiger partial charge >= 0.3 is 6.18 Å². The molecule has 0 atom stereocenters. The van der Waals surface area contributed by atoms with Gasteiger partial charge in [-0.2, -0.15) is 13.2 Å². The highest BCUT2D eigenvalue weighted by Gasteiger charge is 2.30. The van der Waals surface area contributed by atoms with Crippen LogP contribution in [0, 0.1) is 0 Å². The summed E-state index contributed by atoms with van der Waals surface area (Å²) in [4.78, 5) is 13.2. The number of aromatic nitrogens is 2. The summed E-state index contributed by atoms with van der Waals surface area (Å²) in [6.07, 6.45) is -3.00. The number of benzene rings is 1. The number of hydrogen-bond acceptors (Lipinski definition) is 5. The number of hydrogen-bond donors (Lipinski definition) is 0. The van der Waals surface area contributed by atoms with Crippen molar-refractivity contribution in [3.8, 4) is 0 Å². The fraction of sp³-hybridized carbons (Fsp3) is 0.400. The minimum atomic E-state index is -4.36. The Kier molecular flexibility index (Phi) is 4.79. The molecule has 1 fully saturated rings. The quantitative estimate of drug-likeness (QED) is 0.767. The van der Waals surface area contributed by atoms with Crippen LogP contribution in [0.1, 0.15) is 29.9 Å². The maximum absolute atomic E-state index is 12.7. The van der Waals surface area contributed by atoms with Crippen LogP contribution in [0.5, 0.6) is 0 Å². The van der Waals surface area contributed by atoms with Crippen LogP contribution < -0.4 is 0 Å². The second-order valence-corrected chi connectivity index (χ2v) is 6.29. The largest absolute Gasteiger partial charge is 0.416 e. The summed E-state index contributed by atoms with van der Waals surface area (Å²) < 4.78 is 43.5. The summed E-state index contributed by atoms with van der Waals surface area (Å²) in [5.74, 6) is 0.678. The summed E-state index contributed by atoms with van der Waals surface area (Å²) in [7, 11) is 0. The standard InChI is InChI=1S/C15H14F3N3O2S/c16-15(17,18)11-4-1-3-10(7-11)9-24-14-20-19-12(23-14)8-21-6-2-5-13(21)22/h1,3-4,7H,2,5-6,8-9H2. The number of likely N-dealkylation sites (tertiary alicyclic amines) is 1. The third kappa shape index (κ3) is 4.08. The van der Waals surface area contributed by atoms with E-state index in [4.69, 9.17) is 4.42 Å². The van der Waals surface area contributed by atoms with Crippen LogP contribution in [0.25, 0.3) is 0 Å². The van der Waals surface area contributed by atoms with Crippen LogP contribution in [0.4, 0.5) is 13.2 Å².